The standard InChI is InChI=1S/C16H20O7/c1-16(2,3)23-12(17)9-22-11-8-6-7-10(14(18)20-4)13(11)15(19)21-5/h6-8H,9H2,1-5H3. The largest absolute Gasteiger partial charge is 0.481 e. The molecule has 23 heavy (non-hydrogen) atoms. The number of hydrogen-bond acceptors (Lipinski definition) is 7. The van der Waals surface area contributed by atoms with Gasteiger partial charge >= 0.3 is 17.9 Å². The van der Waals surface area contributed by atoms with Crippen molar-refractivity contribution in [3.05, 3.63) is 29.3 Å². The molecule has 126 valence electrons. The van der Waals surface area contributed by atoms with Gasteiger partial charge in [-0.25, -0.2) is 14.4 Å². The molecule has 0 heterocycles. The van der Waals surface area contributed by atoms with Crippen LogP contribution in [-0.4, -0.2) is 44.3 Å². The number of esters is 3. The van der Waals surface area contributed by atoms with Crippen molar-refractivity contribution in [3.63, 3.8) is 0 Å². The normalized spacial score (nSPS) is 10.7. The van der Waals surface area contributed by atoms with E-state index in [1.54, 1.807) is 20.8 Å². The maximum absolute atomic E-state index is 11.9. The zero-order valence-corrected chi connectivity index (χ0v) is 13.8. The van der Waals surface area contributed by atoms with Gasteiger partial charge in [-0.3, -0.25) is 0 Å². The van der Waals surface area contributed by atoms with Crippen LogP contribution in [0.5, 0.6) is 5.75 Å². The lowest BCUT2D eigenvalue weighted by molar-refractivity contribution is -0.157. The molecule has 0 atom stereocenters. The molecule has 7 heteroatoms. The van der Waals surface area contributed by atoms with Crippen LogP contribution >= 0.6 is 0 Å². The van der Waals surface area contributed by atoms with Crippen molar-refractivity contribution in [3.8, 4) is 5.75 Å². The number of methoxy groups -OCH3 is 2. The second-order valence-electron chi connectivity index (χ2n) is 5.54. The minimum absolute atomic E-state index is 0.0129. The van der Waals surface area contributed by atoms with Gasteiger partial charge in [0, 0.05) is 0 Å². The average Bonchev–Trinajstić information content (AvgIpc) is 2.49. The van der Waals surface area contributed by atoms with Gasteiger partial charge in [-0.05, 0) is 32.9 Å². The zero-order chi connectivity index (χ0) is 17.6. The van der Waals surface area contributed by atoms with E-state index in [0.29, 0.717) is 0 Å². The molecule has 0 aliphatic carbocycles. The number of ether oxygens (including phenoxy) is 4. The molecule has 0 fully saturated rings. The number of carbonyl (C=O) groups is 3. The summed E-state index contributed by atoms with van der Waals surface area (Å²) in [6.45, 7) is 4.76. The van der Waals surface area contributed by atoms with Crippen LogP contribution in [0.1, 0.15) is 41.5 Å². The van der Waals surface area contributed by atoms with Gasteiger partial charge in [-0.1, -0.05) is 6.07 Å². The molecule has 0 saturated carbocycles. The average molecular weight is 324 g/mol. The van der Waals surface area contributed by atoms with Crippen LogP contribution in [0.2, 0.25) is 0 Å². The molecule has 0 aromatic heterocycles. The Morgan fingerprint density at radius 1 is 1.00 bits per heavy atom. The van der Waals surface area contributed by atoms with Crippen LogP contribution in [0, 0.1) is 0 Å². The molecule has 0 saturated heterocycles. The maximum Gasteiger partial charge on any atom is 0.344 e. The summed E-state index contributed by atoms with van der Waals surface area (Å²) in [5.41, 5.74) is -0.772. The van der Waals surface area contributed by atoms with E-state index < -0.39 is 30.1 Å². The Labute approximate surface area is 134 Å². The molecule has 0 unspecified atom stereocenters. The second-order valence-corrected chi connectivity index (χ2v) is 5.54. The molecule has 7 nitrogen and oxygen atoms in total. The van der Waals surface area contributed by atoms with E-state index >= 15 is 0 Å². The van der Waals surface area contributed by atoms with Crippen LogP contribution in [0.3, 0.4) is 0 Å². The predicted octanol–water partition coefficient (Wildman–Crippen LogP) is 1.98. The van der Waals surface area contributed by atoms with Crippen molar-refractivity contribution < 1.29 is 33.3 Å². The number of hydrogen-bond donors (Lipinski definition) is 0. The molecule has 1 aromatic carbocycles. The molecule has 1 rings (SSSR count). The quantitative estimate of drug-likeness (QED) is 0.604. The lowest BCUT2D eigenvalue weighted by Crippen LogP contribution is -2.27. The van der Waals surface area contributed by atoms with Crippen molar-refractivity contribution in [2.75, 3.05) is 20.8 Å². The summed E-state index contributed by atoms with van der Waals surface area (Å²) in [7, 11) is 2.37. The summed E-state index contributed by atoms with van der Waals surface area (Å²) < 4.78 is 19.7. The maximum atomic E-state index is 11.9. The lowest BCUT2D eigenvalue weighted by atomic mass is 10.1. The van der Waals surface area contributed by atoms with Gasteiger partial charge in [0.15, 0.2) is 6.61 Å². The molecule has 0 N–H and O–H groups in total. The van der Waals surface area contributed by atoms with E-state index in [1.807, 2.05) is 0 Å². The fourth-order valence-corrected chi connectivity index (χ4v) is 1.75. The topological polar surface area (TPSA) is 88.1 Å². The fourth-order valence-electron chi connectivity index (χ4n) is 1.75. The molecular formula is C16H20O7. The van der Waals surface area contributed by atoms with Crippen molar-refractivity contribution in [1.29, 1.82) is 0 Å². The number of rotatable bonds is 5. The molecule has 0 bridgehead atoms. The summed E-state index contributed by atoms with van der Waals surface area (Å²) in [6.07, 6.45) is 0. The van der Waals surface area contributed by atoms with Crippen molar-refractivity contribution in [2.24, 2.45) is 0 Å². The third-order valence-electron chi connectivity index (χ3n) is 2.59. The second kappa shape index (κ2) is 7.62. The highest BCUT2D eigenvalue weighted by atomic mass is 16.6. The van der Waals surface area contributed by atoms with E-state index in [-0.39, 0.29) is 16.9 Å². The van der Waals surface area contributed by atoms with Gasteiger partial charge in [-0.15, -0.1) is 0 Å². The van der Waals surface area contributed by atoms with E-state index in [0.717, 1.165) is 0 Å². The van der Waals surface area contributed by atoms with E-state index in [1.165, 1.54) is 32.4 Å². The van der Waals surface area contributed by atoms with Crippen molar-refractivity contribution in [1.82, 2.24) is 0 Å². The first-order valence-corrected chi connectivity index (χ1v) is 6.84. The first-order valence-electron chi connectivity index (χ1n) is 6.84. The summed E-state index contributed by atoms with van der Waals surface area (Å²) in [6, 6.07) is 4.35. The number of benzene rings is 1. The Morgan fingerprint density at radius 3 is 2.13 bits per heavy atom. The van der Waals surface area contributed by atoms with E-state index in [9.17, 15) is 14.4 Å². The van der Waals surface area contributed by atoms with Crippen LogP contribution in [0.25, 0.3) is 0 Å². The summed E-state index contributed by atoms with van der Waals surface area (Å²) in [5, 5.41) is 0. The van der Waals surface area contributed by atoms with Crippen LogP contribution in [0.4, 0.5) is 0 Å². The van der Waals surface area contributed by atoms with Gasteiger partial charge < -0.3 is 18.9 Å². The Hall–Kier alpha value is -2.57. The summed E-state index contributed by atoms with van der Waals surface area (Å²) in [5.74, 6) is -2.05. The molecular weight excluding hydrogens is 304 g/mol. The third-order valence-corrected chi connectivity index (χ3v) is 2.59. The fraction of sp³-hybridized carbons (Fsp3) is 0.438. The van der Waals surface area contributed by atoms with Crippen LogP contribution in [0.15, 0.2) is 18.2 Å². The summed E-state index contributed by atoms with van der Waals surface area (Å²) in [4.78, 5) is 35.4. The minimum atomic E-state index is -0.773. The lowest BCUT2D eigenvalue weighted by Gasteiger charge is -2.20. The highest BCUT2D eigenvalue weighted by molar-refractivity contribution is 6.05. The molecule has 0 aliphatic heterocycles. The SMILES string of the molecule is COC(=O)c1cccc(OCC(=O)OC(C)(C)C)c1C(=O)OC. The van der Waals surface area contributed by atoms with Gasteiger partial charge in [0.2, 0.25) is 0 Å². The Morgan fingerprint density at radius 2 is 1.61 bits per heavy atom. The van der Waals surface area contributed by atoms with Gasteiger partial charge in [-0.2, -0.15) is 0 Å². The highest BCUT2D eigenvalue weighted by Crippen LogP contribution is 2.24. The first-order chi connectivity index (χ1) is 10.7. The molecule has 0 amide bonds. The summed E-state index contributed by atoms with van der Waals surface area (Å²) >= 11 is 0. The molecule has 0 spiro atoms. The van der Waals surface area contributed by atoms with E-state index in [4.69, 9.17) is 9.47 Å². The van der Waals surface area contributed by atoms with Crippen LogP contribution in [-0.2, 0) is 19.0 Å². The van der Waals surface area contributed by atoms with E-state index in [2.05, 4.69) is 9.47 Å². The van der Waals surface area contributed by atoms with Crippen molar-refractivity contribution in [2.45, 2.75) is 26.4 Å². The molecule has 0 aliphatic rings. The zero-order valence-electron chi connectivity index (χ0n) is 13.8. The smallest absolute Gasteiger partial charge is 0.344 e. The van der Waals surface area contributed by atoms with Gasteiger partial charge in [0.05, 0.1) is 19.8 Å². The number of carbonyl (C=O) groups excluding carboxylic acids is 3. The Bertz CT molecular complexity index is 599. The highest BCUT2D eigenvalue weighted by Gasteiger charge is 2.24. The van der Waals surface area contributed by atoms with Gasteiger partial charge in [0.1, 0.15) is 16.9 Å². The Balaban J connectivity index is 3.04. The van der Waals surface area contributed by atoms with Crippen molar-refractivity contribution >= 4 is 17.9 Å². The Kier molecular flexibility index (Phi) is 6.12. The van der Waals surface area contributed by atoms with Gasteiger partial charge in [0.25, 0.3) is 0 Å². The first kappa shape index (κ1) is 18.5. The predicted molar refractivity (Wildman–Crippen MR) is 80.5 cm³/mol. The monoisotopic (exact) mass is 324 g/mol. The third kappa shape index (κ3) is 5.28. The molecule has 1 aromatic rings. The van der Waals surface area contributed by atoms with Crippen LogP contribution < -0.4 is 4.74 Å². The molecule has 0 radical (unpaired) electrons. The minimum Gasteiger partial charge on any atom is -0.481 e.